The monoisotopic (exact) mass is 1450 g/mol. The van der Waals surface area contributed by atoms with Gasteiger partial charge in [0, 0.05) is 112 Å². The normalized spacial score (nSPS) is 11.8. The molecule has 0 unspecified atom stereocenters. The van der Waals surface area contributed by atoms with E-state index in [2.05, 4.69) is 289 Å². The molecule has 0 atom stereocenters. The lowest BCUT2D eigenvalue weighted by Crippen LogP contribution is -2.31. The fourth-order valence-corrected chi connectivity index (χ4v) is 16.8. The Bertz CT molecular complexity index is 7230. The van der Waals surface area contributed by atoms with Gasteiger partial charge in [-0.25, -0.2) is 38.2 Å². The van der Waals surface area contributed by atoms with E-state index in [1.54, 1.807) is 0 Å². The number of furan rings is 4. The van der Waals surface area contributed by atoms with Gasteiger partial charge >= 0.3 is 0 Å². The van der Waals surface area contributed by atoms with Crippen LogP contribution >= 0.6 is 0 Å². The number of rotatable bonds is 6. The molecule has 8 aromatic carbocycles. The van der Waals surface area contributed by atoms with Gasteiger partial charge in [0.2, 0.25) is 45.6 Å². The summed E-state index contributed by atoms with van der Waals surface area (Å²) in [6, 6.07) is 68.1. The van der Waals surface area contributed by atoms with Gasteiger partial charge in [0.1, 0.15) is 28.2 Å². The molecule has 0 aliphatic heterocycles. The number of nitrogens with zero attached hydrogens (tertiary/aromatic N) is 8. The summed E-state index contributed by atoms with van der Waals surface area (Å²) in [6.07, 6.45) is 9.65. The number of pyridine rings is 8. The van der Waals surface area contributed by atoms with E-state index in [0.29, 0.717) is 28.8 Å². The molecule has 0 N–H and O–H groups in total. The van der Waals surface area contributed by atoms with Gasteiger partial charge in [0.05, 0.1) is 44.3 Å². The third-order valence-electron chi connectivity index (χ3n) is 22.3. The highest BCUT2D eigenvalue weighted by Gasteiger charge is 2.29. The van der Waals surface area contributed by atoms with Crippen molar-refractivity contribution in [1.82, 2.24) is 19.9 Å². The van der Waals surface area contributed by atoms with E-state index in [0.717, 1.165) is 155 Å². The Morgan fingerprint density at radius 3 is 1.14 bits per heavy atom. The zero-order valence-electron chi connectivity index (χ0n) is 66.3. The Balaban J connectivity index is 0.000000108. The average Bonchev–Trinajstić information content (AvgIpc) is 1.61. The standard InChI is InChI=1S/C26H25N2O.C25H23N2O.2C24H21N2O/c1-16(2)13-18-11-12-28(4)23(14-18)24-17(3)9-10-20-21-15-19-7-5-6-8-22(19)27-26(21)29-25(20)24;1-14-11-21(27(5)13-17(14)4)23-16(3)10-15(2)22-19-12-18-8-6-7-9-20(18)26-25(19)28-24(22)23;1-14-9-10-20(26(4)13-14)22-16(3)11-15(2)21-18-12-17-7-5-6-8-19(17)25-24(18)27-23(21)22;1-14-9-10-26(4)20(11-14)22-16(3)12-15(2)21-18-13-17-7-5-6-8-19(17)25-24(18)27-23(21)22/h5-12,14-16H,13H2,1-4H3;6-13H,1-5H3;2*5-13H,1-4H3/q4*+1. The van der Waals surface area contributed by atoms with Crippen LogP contribution in [0.3, 0.4) is 0 Å². The smallest absolute Gasteiger partial charge is 0.227 e. The SMILES string of the molecule is Cc1cc(-c2c(C)cc(C)c3c2oc2nc4ccccc4cc23)[n+](C)cc1C.Cc1cc[n+](C)c(-c2c(C)cc(C)c3c2oc2nc4ccccc4cc23)c1.Cc1ccc(-c2c(C)cc(C)c3c2oc2nc4ccccc4cc23)[n+](C)c1.Cc1ccc2c(oc3nc4ccccc4cc32)c1-c1cc(CC(C)C)cc[n+]1C. The third-order valence-corrected chi connectivity index (χ3v) is 22.3. The van der Waals surface area contributed by atoms with Crippen LogP contribution in [0.2, 0.25) is 0 Å². The predicted octanol–water partition coefficient (Wildman–Crippen LogP) is 23.1. The minimum atomic E-state index is 0.621. The molecular formula is C99H90N8O4+4. The zero-order valence-corrected chi connectivity index (χ0v) is 66.3. The molecule has 12 nitrogen and oxygen atoms in total. The lowest BCUT2D eigenvalue weighted by molar-refractivity contribution is -0.660. The average molecular weight is 1460 g/mol. The number of hydrogen-bond acceptors (Lipinski definition) is 8. The first-order valence-electron chi connectivity index (χ1n) is 38.3. The molecule has 0 bridgehead atoms. The van der Waals surface area contributed by atoms with Crippen LogP contribution in [0.25, 0.3) is 177 Å². The number of benzene rings is 8. The lowest BCUT2D eigenvalue weighted by atomic mass is 9.96. The van der Waals surface area contributed by atoms with Crippen LogP contribution in [-0.2, 0) is 34.6 Å². The van der Waals surface area contributed by atoms with Crippen LogP contribution in [0.1, 0.15) is 80.6 Å². The van der Waals surface area contributed by atoms with Crippen molar-refractivity contribution < 1.29 is 35.9 Å². The first-order valence-corrected chi connectivity index (χ1v) is 38.3. The first-order chi connectivity index (χ1) is 53.5. The molecule has 0 saturated carbocycles. The van der Waals surface area contributed by atoms with E-state index in [1.807, 2.05) is 66.7 Å². The lowest BCUT2D eigenvalue weighted by Gasteiger charge is -2.09. The highest BCUT2D eigenvalue weighted by atomic mass is 16.4. The van der Waals surface area contributed by atoms with Crippen LogP contribution in [-0.4, -0.2) is 19.9 Å². The van der Waals surface area contributed by atoms with Gasteiger partial charge < -0.3 is 17.7 Å². The quantitative estimate of drug-likeness (QED) is 0.151. The van der Waals surface area contributed by atoms with Crippen molar-refractivity contribution in [3.8, 4) is 45.0 Å². The van der Waals surface area contributed by atoms with Crippen LogP contribution in [0.4, 0.5) is 0 Å². The fraction of sp³-hybridized carbons (Fsp3) is 0.192. The zero-order chi connectivity index (χ0) is 77.1. The summed E-state index contributed by atoms with van der Waals surface area (Å²) >= 11 is 0. The molecule has 111 heavy (non-hydrogen) atoms. The maximum absolute atomic E-state index is 6.41. The largest absolute Gasteiger partial charge is 0.437 e. The Morgan fingerprint density at radius 1 is 0.288 bits per heavy atom. The minimum absolute atomic E-state index is 0.621. The van der Waals surface area contributed by atoms with E-state index in [4.69, 9.17) is 37.6 Å². The molecule has 12 heterocycles. The Kier molecular flexibility index (Phi) is 18.0. The second kappa shape index (κ2) is 28.0. The molecule has 20 rings (SSSR count). The molecule has 0 fully saturated rings. The highest BCUT2D eigenvalue weighted by molar-refractivity contribution is 6.16. The first kappa shape index (κ1) is 71.1. The van der Waals surface area contributed by atoms with Crippen LogP contribution in [0.5, 0.6) is 0 Å². The number of aromatic nitrogens is 8. The van der Waals surface area contributed by atoms with Crippen molar-refractivity contribution in [1.29, 1.82) is 0 Å². The van der Waals surface area contributed by atoms with E-state index in [-0.39, 0.29) is 0 Å². The van der Waals surface area contributed by atoms with Gasteiger partial charge in [-0.05, 0) is 199 Å². The summed E-state index contributed by atoms with van der Waals surface area (Å²) in [7, 11) is 8.36. The molecule has 20 aromatic rings. The number of para-hydroxylation sites is 4. The van der Waals surface area contributed by atoms with Gasteiger partial charge in [-0.3, -0.25) is 0 Å². The maximum atomic E-state index is 6.41. The maximum Gasteiger partial charge on any atom is 0.227 e. The number of fused-ring (bicyclic) bond motifs is 16. The van der Waals surface area contributed by atoms with Crippen molar-refractivity contribution in [2.75, 3.05) is 0 Å². The Labute approximate surface area is 645 Å². The Morgan fingerprint density at radius 2 is 0.676 bits per heavy atom. The van der Waals surface area contributed by atoms with Gasteiger partial charge in [0.15, 0.2) is 47.1 Å². The van der Waals surface area contributed by atoms with Crippen LogP contribution < -0.4 is 18.3 Å². The van der Waals surface area contributed by atoms with E-state index < -0.39 is 0 Å². The molecular weight excluding hydrogens is 1370 g/mol. The van der Waals surface area contributed by atoms with Crippen molar-refractivity contribution >= 4 is 132 Å². The van der Waals surface area contributed by atoms with Gasteiger partial charge in [-0.1, -0.05) is 117 Å². The van der Waals surface area contributed by atoms with Crippen LogP contribution in [0.15, 0.2) is 237 Å². The van der Waals surface area contributed by atoms with Gasteiger partial charge in [-0.2, -0.15) is 0 Å². The molecule has 0 amide bonds. The number of aryl methyl sites for hydroxylation is 15. The molecule has 0 aliphatic rings. The summed E-state index contributed by atoms with van der Waals surface area (Å²) in [4.78, 5) is 19.2. The van der Waals surface area contributed by atoms with Gasteiger partial charge in [-0.15, -0.1) is 0 Å². The number of hydrogen-bond donors (Lipinski definition) is 0. The summed E-state index contributed by atoms with van der Waals surface area (Å²) in [5.74, 6) is 0.621. The summed E-state index contributed by atoms with van der Waals surface area (Å²) < 4.78 is 34.2. The second-order valence-electron chi connectivity index (χ2n) is 31.1. The third kappa shape index (κ3) is 12.7. The molecule has 12 heteroatoms. The van der Waals surface area contributed by atoms with E-state index in [1.165, 1.54) is 72.5 Å². The summed E-state index contributed by atoms with van der Waals surface area (Å²) in [5.41, 5.74) is 34.4. The molecule has 12 aromatic heterocycles. The van der Waals surface area contributed by atoms with Crippen LogP contribution in [0, 0.1) is 82.1 Å². The highest BCUT2D eigenvalue weighted by Crippen LogP contribution is 2.44. The van der Waals surface area contributed by atoms with Crippen molar-refractivity contribution in [2.24, 2.45) is 34.1 Å². The molecule has 546 valence electrons. The second-order valence-corrected chi connectivity index (χ2v) is 31.1. The van der Waals surface area contributed by atoms with Crippen molar-refractivity contribution in [2.45, 2.75) is 96.4 Å². The summed E-state index contributed by atoms with van der Waals surface area (Å²) in [6.45, 7) is 28.1. The molecule has 0 saturated heterocycles. The fourth-order valence-electron chi connectivity index (χ4n) is 16.8. The van der Waals surface area contributed by atoms with Crippen molar-refractivity contribution in [3.05, 3.63) is 286 Å². The molecule has 0 spiro atoms. The minimum Gasteiger partial charge on any atom is -0.437 e. The van der Waals surface area contributed by atoms with E-state index in [9.17, 15) is 0 Å². The van der Waals surface area contributed by atoms with E-state index >= 15 is 0 Å². The van der Waals surface area contributed by atoms with Crippen molar-refractivity contribution in [3.63, 3.8) is 0 Å². The molecule has 0 radical (unpaired) electrons. The van der Waals surface area contributed by atoms with Gasteiger partial charge in [0.25, 0.3) is 0 Å². The predicted molar refractivity (Wildman–Crippen MR) is 453 cm³/mol. The molecule has 0 aliphatic carbocycles. The Hall–Kier alpha value is -12.8. The topological polar surface area (TPSA) is 120 Å². The summed E-state index contributed by atoms with van der Waals surface area (Å²) in [5, 5.41) is 13.4.